The molecule has 7 heteroatoms. The highest BCUT2D eigenvalue weighted by Gasteiger charge is 2.39. The zero-order chi connectivity index (χ0) is 17.6. The monoisotopic (exact) mass is 341 g/mol. The van der Waals surface area contributed by atoms with Crippen LogP contribution in [0.4, 0.5) is 5.69 Å². The molecule has 2 saturated carbocycles. The Hall–Kier alpha value is -2.70. The number of fused-ring (bicyclic) bond motifs is 1. The Morgan fingerprint density at radius 1 is 0.960 bits per heavy atom. The summed E-state index contributed by atoms with van der Waals surface area (Å²) in [7, 11) is 0. The first-order valence-corrected chi connectivity index (χ1v) is 8.62. The Balaban J connectivity index is 1.43. The van der Waals surface area contributed by atoms with E-state index in [-0.39, 0.29) is 17.4 Å². The molecule has 1 aromatic carbocycles. The van der Waals surface area contributed by atoms with Gasteiger partial charge < -0.3 is 10.6 Å². The predicted octanol–water partition coefficient (Wildman–Crippen LogP) is 1.16. The fourth-order valence-electron chi connectivity index (χ4n) is 2.92. The van der Waals surface area contributed by atoms with Crippen LogP contribution in [0.15, 0.2) is 18.2 Å². The van der Waals surface area contributed by atoms with Crippen molar-refractivity contribution in [3.63, 3.8) is 0 Å². The minimum absolute atomic E-state index is 0.279. The highest BCUT2D eigenvalue weighted by Crippen LogP contribution is 2.33. The molecule has 0 unspecified atom stereocenters. The number of benzene rings is 1. The normalized spacial score (nSPS) is 19.0. The zero-order valence-electron chi connectivity index (χ0n) is 13.7. The molecule has 2 aliphatic carbocycles. The van der Waals surface area contributed by atoms with Crippen molar-refractivity contribution in [3.05, 3.63) is 29.3 Å². The molecule has 25 heavy (non-hydrogen) atoms. The second kappa shape index (κ2) is 5.98. The number of amides is 4. The number of hydrogen-bond donors (Lipinski definition) is 2. The topological polar surface area (TPSA) is 95.6 Å². The van der Waals surface area contributed by atoms with Crippen molar-refractivity contribution in [2.75, 3.05) is 18.4 Å². The molecular formula is C18H19N3O4. The van der Waals surface area contributed by atoms with Gasteiger partial charge in [0.15, 0.2) is 0 Å². The number of carbonyl (C=O) groups is 4. The summed E-state index contributed by atoms with van der Waals surface area (Å²) >= 11 is 0. The predicted molar refractivity (Wildman–Crippen MR) is 88.9 cm³/mol. The summed E-state index contributed by atoms with van der Waals surface area (Å²) in [6.45, 7) is 0.969. The van der Waals surface area contributed by atoms with E-state index in [9.17, 15) is 19.2 Å². The fourth-order valence-corrected chi connectivity index (χ4v) is 2.92. The molecule has 0 aromatic heterocycles. The van der Waals surface area contributed by atoms with Crippen molar-refractivity contribution in [2.45, 2.75) is 25.7 Å². The van der Waals surface area contributed by atoms with Gasteiger partial charge in [-0.3, -0.25) is 24.1 Å². The number of nitrogens with one attached hydrogen (secondary N) is 2. The number of anilines is 1. The lowest BCUT2D eigenvalue weighted by Crippen LogP contribution is -2.36. The second-order valence-corrected chi connectivity index (χ2v) is 7.03. The Kier molecular flexibility index (Phi) is 3.78. The molecule has 1 aromatic rings. The third kappa shape index (κ3) is 3.26. The molecule has 130 valence electrons. The Morgan fingerprint density at radius 3 is 2.32 bits per heavy atom. The van der Waals surface area contributed by atoms with E-state index in [1.807, 2.05) is 0 Å². The van der Waals surface area contributed by atoms with Crippen LogP contribution in [0.1, 0.15) is 46.4 Å². The van der Waals surface area contributed by atoms with Crippen LogP contribution in [0.25, 0.3) is 0 Å². The standard InChI is InChI=1S/C18H19N3O4/c22-15(19-8-10-1-2-10)16(23)20-12-5-6-13-14(7-12)18(25)21(17(13)24)9-11-3-4-11/h5-7,10-11H,1-4,8-9H2,(H,19,22)(H,20,23). The number of carbonyl (C=O) groups excluding carboxylic acids is 4. The Bertz CT molecular complexity index is 781. The van der Waals surface area contributed by atoms with Crippen LogP contribution in [0.3, 0.4) is 0 Å². The average Bonchev–Trinajstić information content (AvgIpc) is 3.51. The van der Waals surface area contributed by atoms with E-state index in [1.165, 1.54) is 23.1 Å². The second-order valence-electron chi connectivity index (χ2n) is 7.03. The molecule has 2 fully saturated rings. The van der Waals surface area contributed by atoms with Crippen LogP contribution >= 0.6 is 0 Å². The van der Waals surface area contributed by atoms with Crippen LogP contribution in [0.5, 0.6) is 0 Å². The van der Waals surface area contributed by atoms with E-state index in [2.05, 4.69) is 10.6 Å². The number of nitrogens with zero attached hydrogens (tertiary/aromatic N) is 1. The van der Waals surface area contributed by atoms with E-state index < -0.39 is 11.8 Å². The molecule has 0 bridgehead atoms. The van der Waals surface area contributed by atoms with E-state index in [4.69, 9.17) is 0 Å². The maximum Gasteiger partial charge on any atom is 0.313 e. The molecule has 0 saturated heterocycles. The van der Waals surface area contributed by atoms with Gasteiger partial charge >= 0.3 is 11.8 Å². The highest BCUT2D eigenvalue weighted by molar-refractivity contribution is 6.39. The molecule has 0 radical (unpaired) electrons. The van der Waals surface area contributed by atoms with Gasteiger partial charge in [0.25, 0.3) is 11.8 Å². The van der Waals surface area contributed by atoms with Crippen molar-refractivity contribution < 1.29 is 19.2 Å². The van der Waals surface area contributed by atoms with Gasteiger partial charge in [-0.1, -0.05) is 0 Å². The van der Waals surface area contributed by atoms with E-state index in [1.54, 1.807) is 0 Å². The number of rotatable bonds is 5. The van der Waals surface area contributed by atoms with Crippen molar-refractivity contribution in [1.82, 2.24) is 10.2 Å². The molecule has 7 nitrogen and oxygen atoms in total. The van der Waals surface area contributed by atoms with Gasteiger partial charge in [-0.25, -0.2) is 0 Å². The van der Waals surface area contributed by atoms with Gasteiger partial charge in [-0.2, -0.15) is 0 Å². The van der Waals surface area contributed by atoms with Gasteiger partial charge in [0, 0.05) is 18.8 Å². The van der Waals surface area contributed by atoms with Gasteiger partial charge in [-0.05, 0) is 55.7 Å². The summed E-state index contributed by atoms with van der Waals surface area (Å²) in [4.78, 5) is 49.7. The van der Waals surface area contributed by atoms with Gasteiger partial charge in [0.2, 0.25) is 0 Å². The molecule has 4 rings (SSSR count). The first kappa shape index (κ1) is 15.8. The summed E-state index contributed by atoms with van der Waals surface area (Å²) < 4.78 is 0. The van der Waals surface area contributed by atoms with E-state index in [0.29, 0.717) is 36.2 Å². The van der Waals surface area contributed by atoms with Crippen molar-refractivity contribution in [1.29, 1.82) is 0 Å². The third-order valence-corrected chi connectivity index (χ3v) is 4.82. The Labute approximate surface area is 144 Å². The molecule has 3 aliphatic rings. The number of imide groups is 1. The molecule has 2 N–H and O–H groups in total. The fraction of sp³-hybridized carbons (Fsp3) is 0.444. The molecule has 4 amide bonds. The third-order valence-electron chi connectivity index (χ3n) is 4.82. The first-order chi connectivity index (χ1) is 12.0. The lowest BCUT2D eigenvalue weighted by atomic mass is 10.1. The first-order valence-electron chi connectivity index (χ1n) is 8.62. The summed E-state index contributed by atoms with van der Waals surface area (Å²) in [5, 5.41) is 5.07. The number of hydrogen-bond acceptors (Lipinski definition) is 4. The maximum atomic E-state index is 12.4. The van der Waals surface area contributed by atoms with Crippen LogP contribution < -0.4 is 10.6 Å². The maximum absolute atomic E-state index is 12.4. The zero-order valence-corrected chi connectivity index (χ0v) is 13.7. The van der Waals surface area contributed by atoms with Gasteiger partial charge in [-0.15, -0.1) is 0 Å². The lowest BCUT2D eigenvalue weighted by molar-refractivity contribution is -0.136. The van der Waals surface area contributed by atoms with Crippen LogP contribution in [0.2, 0.25) is 0 Å². The molecular weight excluding hydrogens is 322 g/mol. The quantitative estimate of drug-likeness (QED) is 0.620. The van der Waals surface area contributed by atoms with E-state index in [0.717, 1.165) is 25.7 Å². The van der Waals surface area contributed by atoms with Crippen LogP contribution in [-0.2, 0) is 9.59 Å². The minimum Gasteiger partial charge on any atom is -0.348 e. The van der Waals surface area contributed by atoms with Crippen molar-refractivity contribution in [3.8, 4) is 0 Å². The average molecular weight is 341 g/mol. The van der Waals surface area contributed by atoms with Crippen molar-refractivity contribution >= 4 is 29.3 Å². The van der Waals surface area contributed by atoms with Gasteiger partial charge in [0.1, 0.15) is 0 Å². The van der Waals surface area contributed by atoms with E-state index >= 15 is 0 Å². The molecule has 0 spiro atoms. The summed E-state index contributed by atoms with van der Waals surface area (Å²) in [6, 6.07) is 4.53. The Morgan fingerprint density at radius 2 is 1.64 bits per heavy atom. The smallest absolute Gasteiger partial charge is 0.313 e. The summed E-state index contributed by atoms with van der Waals surface area (Å²) in [5.74, 6) is -1.18. The highest BCUT2D eigenvalue weighted by atomic mass is 16.2. The van der Waals surface area contributed by atoms with Crippen LogP contribution in [0, 0.1) is 11.8 Å². The summed E-state index contributed by atoms with van der Waals surface area (Å²) in [6.07, 6.45) is 4.26. The molecule has 1 heterocycles. The van der Waals surface area contributed by atoms with Crippen LogP contribution in [-0.4, -0.2) is 41.6 Å². The van der Waals surface area contributed by atoms with Gasteiger partial charge in [0.05, 0.1) is 11.1 Å². The lowest BCUT2D eigenvalue weighted by Gasteiger charge is -2.12. The largest absolute Gasteiger partial charge is 0.348 e. The van der Waals surface area contributed by atoms with Crippen molar-refractivity contribution in [2.24, 2.45) is 11.8 Å². The SMILES string of the molecule is O=C(NCC1CC1)C(=O)Nc1ccc2c(c1)C(=O)N(CC1CC1)C2=O. The molecule has 1 aliphatic heterocycles. The minimum atomic E-state index is -0.771. The summed E-state index contributed by atoms with van der Waals surface area (Å²) in [5.41, 5.74) is 0.961. The molecule has 0 atom stereocenters.